The van der Waals surface area contributed by atoms with Gasteiger partial charge in [0.2, 0.25) is 5.78 Å². The van der Waals surface area contributed by atoms with Crippen molar-refractivity contribution in [1.29, 1.82) is 0 Å². The average Bonchev–Trinajstić information content (AvgIpc) is 3.08. The van der Waals surface area contributed by atoms with E-state index in [2.05, 4.69) is 4.98 Å². The highest BCUT2D eigenvalue weighted by Gasteiger charge is 2.07. The number of aromatic nitrogens is 1. The lowest BCUT2D eigenvalue weighted by atomic mass is 10.1. The van der Waals surface area contributed by atoms with Crippen LogP contribution in [0.5, 0.6) is 5.75 Å². The summed E-state index contributed by atoms with van der Waals surface area (Å²) in [6, 6.07) is 10.8. The fraction of sp³-hybridized carbons (Fsp3) is 0.111. The molecule has 0 amide bonds. The van der Waals surface area contributed by atoms with Crippen LogP contribution < -0.4 is 4.74 Å². The van der Waals surface area contributed by atoms with Gasteiger partial charge in [0.05, 0.1) is 18.4 Å². The molecule has 2 aromatic heterocycles. The van der Waals surface area contributed by atoms with Gasteiger partial charge in [0.25, 0.3) is 0 Å². The number of fused-ring (bicyclic) bond motifs is 1. The van der Waals surface area contributed by atoms with Gasteiger partial charge in [-0.3, -0.25) is 4.79 Å². The first-order valence-electron chi connectivity index (χ1n) is 7.16. The van der Waals surface area contributed by atoms with Gasteiger partial charge in [-0.1, -0.05) is 11.6 Å². The summed E-state index contributed by atoms with van der Waals surface area (Å²) >= 11 is 6.18. The van der Waals surface area contributed by atoms with Crippen molar-refractivity contribution >= 4 is 34.4 Å². The maximum absolute atomic E-state index is 11.9. The molecular formula is C18H14ClNO3. The van der Waals surface area contributed by atoms with Crippen molar-refractivity contribution in [2.45, 2.75) is 6.92 Å². The van der Waals surface area contributed by atoms with Gasteiger partial charge in [0.1, 0.15) is 10.9 Å². The first-order valence-corrected chi connectivity index (χ1v) is 7.54. The molecule has 0 aliphatic rings. The van der Waals surface area contributed by atoms with Crippen LogP contribution in [0.15, 0.2) is 53.2 Å². The molecule has 0 aliphatic carbocycles. The molecule has 0 saturated heterocycles. The minimum absolute atomic E-state index is 0.228. The fourth-order valence-corrected chi connectivity index (χ4v) is 2.40. The van der Waals surface area contributed by atoms with Gasteiger partial charge in [-0.2, -0.15) is 0 Å². The average molecular weight is 328 g/mol. The Balaban J connectivity index is 1.93. The highest BCUT2D eigenvalue weighted by Crippen LogP contribution is 2.25. The second-order valence-corrected chi connectivity index (χ2v) is 5.19. The van der Waals surface area contributed by atoms with Crippen LogP contribution >= 0.6 is 11.6 Å². The number of nitrogens with zero attached hydrogens (tertiary/aromatic N) is 1. The summed E-state index contributed by atoms with van der Waals surface area (Å²) in [4.78, 5) is 16.3. The Morgan fingerprint density at radius 1 is 1.35 bits per heavy atom. The number of halogens is 1. The number of benzene rings is 1. The van der Waals surface area contributed by atoms with Gasteiger partial charge >= 0.3 is 0 Å². The Hall–Kier alpha value is -2.59. The second kappa shape index (κ2) is 6.67. The lowest BCUT2D eigenvalue weighted by Crippen LogP contribution is -1.93. The van der Waals surface area contributed by atoms with E-state index >= 15 is 0 Å². The van der Waals surface area contributed by atoms with Crippen LogP contribution in [0, 0.1) is 0 Å². The van der Waals surface area contributed by atoms with Gasteiger partial charge < -0.3 is 9.15 Å². The largest absolute Gasteiger partial charge is 0.494 e. The minimum atomic E-state index is -0.228. The fourth-order valence-electron chi connectivity index (χ4n) is 2.19. The van der Waals surface area contributed by atoms with Crippen molar-refractivity contribution in [2.75, 3.05) is 6.61 Å². The van der Waals surface area contributed by atoms with Crippen LogP contribution in [-0.4, -0.2) is 17.4 Å². The number of pyridine rings is 1. The predicted molar refractivity (Wildman–Crippen MR) is 90.0 cm³/mol. The summed E-state index contributed by atoms with van der Waals surface area (Å²) in [5, 5.41) is 1.23. The van der Waals surface area contributed by atoms with Crippen LogP contribution in [-0.2, 0) is 0 Å². The predicted octanol–water partition coefficient (Wildman–Crippen LogP) is 4.78. The zero-order valence-corrected chi connectivity index (χ0v) is 13.2. The first kappa shape index (κ1) is 15.3. The molecular weight excluding hydrogens is 314 g/mol. The highest BCUT2D eigenvalue weighted by atomic mass is 35.5. The lowest BCUT2D eigenvalue weighted by molar-refractivity contribution is 0.102. The van der Waals surface area contributed by atoms with Gasteiger partial charge in [-0.15, -0.1) is 0 Å². The molecule has 0 fully saturated rings. The molecule has 0 radical (unpaired) electrons. The van der Waals surface area contributed by atoms with Gasteiger partial charge in [0, 0.05) is 10.9 Å². The van der Waals surface area contributed by atoms with Crippen molar-refractivity contribution in [1.82, 2.24) is 4.98 Å². The number of carbonyl (C=O) groups excluding carboxylic acids is 1. The van der Waals surface area contributed by atoms with Crippen molar-refractivity contribution in [2.24, 2.45) is 0 Å². The topological polar surface area (TPSA) is 52.3 Å². The maximum Gasteiger partial charge on any atom is 0.221 e. The van der Waals surface area contributed by atoms with Crippen LogP contribution in [0.2, 0.25) is 5.15 Å². The quantitative estimate of drug-likeness (QED) is 0.384. The van der Waals surface area contributed by atoms with Gasteiger partial charge in [0.15, 0.2) is 5.76 Å². The van der Waals surface area contributed by atoms with Crippen LogP contribution in [0.4, 0.5) is 0 Å². The van der Waals surface area contributed by atoms with E-state index in [4.69, 9.17) is 20.8 Å². The molecule has 0 atom stereocenters. The monoisotopic (exact) mass is 327 g/mol. The van der Waals surface area contributed by atoms with E-state index in [1.165, 1.54) is 12.3 Å². The molecule has 0 unspecified atom stereocenters. The molecule has 0 saturated carbocycles. The molecule has 1 aromatic carbocycles. The van der Waals surface area contributed by atoms with Crippen LogP contribution in [0.3, 0.4) is 0 Å². The van der Waals surface area contributed by atoms with E-state index in [1.54, 1.807) is 18.2 Å². The standard InChI is InChI=1S/C18H14ClNO3/c1-2-22-14-6-7-15-13(11-14)10-12(18(19)20-15)5-8-16(21)17-4-3-9-23-17/h3-11H,2H2,1H3/b8-5+. The van der Waals surface area contributed by atoms with Gasteiger partial charge in [-0.05, 0) is 55.5 Å². The maximum atomic E-state index is 11.9. The van der Waals surface area contributed by atoms with Crippen molar-refractivity contribution in [3.05, 3.63) is 65.2 Å². The van der Waals surface area contributed by atoms with Crippen LogP contribution in [0.25, 0.3) is 17.0 Å². The normalized spacial score (nSPS) is 11.2. The lowest BCUT2D eigenvalue weighted by Gasteiger charge is -2.06. The minimum Gasteiger partial charge on any atom is -0.494 e. The number of allylic oxidation sites excluding steroid dienone is 1. The SMILES string of the molecule is CCOc1ccc2nc(Cl)c(/C=C/C(=O)c3ccco3)cc2c1. The summed E-state index contributed by atoms with van der Waals surface area (Å²) in [6.45, 7) is 2.52. The molecule has 2 heterocycles. The van der Waals surface area contributed by atoms with Crippen molar-refractivity contribution in [3.8, 4) is 5.75 Å². The Kier molecular flexibility index (Phi) is 4.44. The Morgan fingerprint density at radius 2 is 2.22 bits per heavy atom. The summed E-state index contributed by atoms with van der Waals surface area (Å²) in [7, 11) is 0. The van der Waals surface area contributed by atoms with Crippen molar-refractivity contribution < 1.29 is 13.9 Å². The molecule has 5 heteroatoms. The molecule has 116 valence electrons. The molecule has 3 rings (SSSR count). The summed E-state index contributed by atoms with van der Waals surface area (Å²) in [6.07, 6.45) is 4.51. The molecule has 0 spiro atoms. The second-order valence-electron chi connectivity index (χ2n) is 4.83. The number of ether oxygens (including phenoxy) is 1. The van der Waals surface area contributed by atoms with Crippen LogP contribution in [0.1, 0.15) is 23.0 Å². The first-order chi connectivity index (χ1) is 11.2. The third kappa shape index (κ3) is 3.43. The molecule has 23 heavy (non-hydrogen) atoms. The molecule has 0 aliphatic heterocycles. The zero-order chi connectivity index (χ0) is 16.2. The number of hydrogen-bond acceptors (Lipinski definition) is 4. The Labute approximate surface area is 138 Å². The van der Waals surface area contributed by atoms with Gasteiger partial charge in [-0.25, -0.2) is 4.98 Å². The molecule has 0 N–H and O–H groups in total. The van der Waals surface area contributed by atoms with E-state index < -0.39 is 0 Å². The third-order valence-corrected chi connectivity index (χ3v) is 3.56. The number of hydrogen-bond donors (Lipinski definition) is 0. The summed E-state index contributed by atoms with van der Waals surface area (Å²) < 4.78 is 10.5. The van der Waals surface area contributed by atoms with Crippen molar-refractivity contribution in [3.63, 3.8) is 0 Å². The molecule has 4 nitrogen and oxygen atoms in total. The Morgan fingerprint density at radius 3 is 2.96 bits per heavy atom. The number of carbonyl (C=O) groups is 1. The number of rotatable bonds is 5. The van der Waals surface area contributed by atoms with E-state index in [1.807, 2.05) is 31.2 Å². The van der Waals surface area contributed by atoms with E-state index in [0.717, 1.165) is 16.7 Å². The zero-order valence-electron chi connectivity index (χ0n) is 12.5. The summed E-state index contributed by atoms with van der Waals surface area (Å²) in [5.74, 6) is 0.824. The highest BCUT2D eigenvalue weighted by molar-refractivity contribution is 6.31. The molecule has 0 bridgehead atoms. The smallest absolute Gasteiger partial charge is 0.221 e. The van der Waals surface area contributed by atoms with E-state index in [9.17, 15) is 4.79 Å². The number of furan rings is 1. The number of ketones is 1. The molecule has 3 aromatic rings. The third-order valence-electron chi connectivity index (χ3n) is 3.26. The Bertz CT molecular complexity index is 869. The summed E-state index contributed by atoms with van der Waals surface area (Å²) in [5.41, 5.74) is 1.43. The van der Waals surface area contributed by atoms with E-state index in [0.29, 0.717) is 17.3 Å². The van der Waals surface area contributed by atoms with E-state index in [-0.39, 0.29) is 11.5 Å².